The zero-order valence-corrected chi connectivity index (χ0v) is 12.1. The van der Waals surface area contributed by atoms with Gasteiger partial charge in [-0.3, -0.25) is 0 Å². The van der Waals surface area contributed by atoms with Crippen molar-refractivity contribution in [2.75, 3.05) is 19.6 Å². The van der Waals surface area contributed by atoms with Crippen molar-refractivity contribution in [3.05, 3.63) is 16.6 Å². The Morgan fingerprint density at radius 2 is 2.44 bits per heavy atom. The first-order valence-electron chi connectivity index (χ1n) is 6.21. The molecule has 0 radical (unpaired) electrons. The molecule has 0 spiro atoms. The first kappa shape index (κ1) is 13.9. The zero-order valence-electron chi connectivity index (χ0n) is 10.5. The number of nitrogens with one attached hydrogen (secondary N) is 1. The van der Waals surface area contributed by atoms with Crippen LogP contribution in [0.15, 0.2) is 11.6 Å². The van der Waals surface area contributed by atoms with Crippen LogP contribution in [-0.4, -0.2) is 37.3 Å². The van der Waals surface area contributed by atoms with Crippen LogP contribution in [0.5, 0.6) is 0 Å². The van der Waals surface area contributed by atoms with Crippen molar-refractivity contribution < 1.29 is 8.42 Å². The van der Waals surface area contributed by atoms with Crippen LogP contribution in [0.3, 0.4) is 0 Å². The second-order valence-corrected chi connectivity index (χ2v) is 7.41. The highest BCUT2D eigenvalue weighted by Crippen LogP contribution is 2.17. The van der Waals surface area contributed by atoms with E-state index in [4.69, 9.17) is 0 Å². The SMILES string of the molecule is CC1CCCN(S(=O)(=O)NCCc2nccs2)C1. The highest BCUT2D eigenvalue weighted by molar-refractivity contribution is 7.87. The number of rotatable bonds is 5. The molecule has 1 aromatic rings. The summed E-state index contributed by atoms with van der Waals surface area (Å²) in [4.78, 5) is 4.13. The van der Waals surface area contributed by atoms with E-state index in [1.54, 1.807) is 21.8 Å². The first-order valence-corrected chi connectivity index (χ1v) is 8.53. The number of hydrogen-bond acceptors (Lipinski definition) is 4. The lowest BCUT2D eigenvalue weighted by atomic mass is 10.0. The van der Waals surface area contributed by atoms with Gasteiger partial charge in [-0.25, -0.2) is 9.71 Å². The third kappa shape index (κ3) is 3.74. The van der Waals surface area contributed by atoms with E-state index in [1.165, 1.54) is 0 Å². The second kappa shape index (κ2) is 6.10. The molecule has 1 fully saturated rings. The fourth-order valence-corrected chi connectivity index (χ4v) is 4.10. The fourth-order valence-electron chi connectivity index (χ4n) is 2.12. The molecule has 7 heteroatoms. The van der Waals surface area contributed by atoms with E-state index >= 15 is 0 Å². The molecule has 5 nitrogen and oxygen atoms in total. The smallest absolute Gasteiger partial charge is 0.250 e. The Kier molecular flexibility index (Phi) is 4.71. The number of hydrogen-bond donors (Lipinski definition) is 1. The van der Waals surface area contributed by atoms with Gasteiger partial charge in [-0.1, -0.05) is 6.92 Å². The third-order valence-corrected chi connectivity index (χ3v) is 5.49. The van der Waals surface area contributed by atoms with E-state index in [1.807, 2.05) is 5.38 Å². The van der Waals surface area contributed by atoms with Crippen LogP contribution in [0, 0.1) is 5.92 Å². The minimum absolute atomic E-state index is 0.417. The van der Waals surface area contributed by atoms with Crippen LogP contribution < -0.4 is 4.72 Å². The summed E-state index contributed by atoms with van der Waals surface area (Å²) in [5.74, 6) is 0.453. The molecule has 0 aliphatic carbocycles. The molecule has 1 aliphatic rings. The van der Waals surface area contributed by atoms with Crippen LogP contribution in [0.1, 0.15) is 24.8 Å². The summed E-state index contributed by atoms with van der Waals surface area (Å²) >= 11 is 1.55. The molecule has 0 saturated carbocycles. The van der Waals surface area contributed by atoms with Crippen LogP contribution >= 0.6 is 11.3 Å². The van der Waals surface area contributed by atoms with Gasteiger partial charge in [0.1, 0.15) is 0 Å². The van der Waals surface area contributed by atoms with E-state index < -0.39 is 10.2 Å². The van der Waals surface area contributed by atoms with Crippen molar-refractivity contribution in [3.8, 4) is 0 Å². The largest absolute Gasteiger partial charge is 0.279 e. The Labute approximate surface area is 112 Å². The van der Waals surface area contributed by atoms with Crippen molar-refractivity contribution in [3.63, 3.8) is 0 Å². The quantitative estimate of drug-likeness (QED) is 0.887. The summed E-state index contributed by atoms with van der Waals surface area (Å²) in [6.45, 7) is 3.78. The maximum absolute atomic E-state index is 12.1. The predicted molar refractivity (Wildman–Crippen MR) is 72.7 cm³/mol. The summed E-state index contributed by atoms with van der Waals surface area (Å²) in [5, 5.41) is 2.86. The molecule has 1 aromatic heterocycles. The van der Waals surface area contributed by atoms with Crippen molar-refractivity contribution >= 4 is 21.5 Å². The lowest BCUT2D eigenvalue weighted by Gasteiger charge is -2.29. The van der Waals surface area contributed by atoms with Gasteiger partial charge in [0, 0.05) is 37.6 Å². The molecule has 1 saturated heterocycles. The molecule has 1 N–H and O–H groups in total. The van der Waals surface area contributed by atoms with E-state index in [-0.39, 0.29) is 0 Å². The Bertz CT molecular complexity index is 459. The second-order valence-electron chi connectivity index (χ2n) is 4.68. The molecular weight excluding hydrogens is 270 g/mol. The third-order valence-electron chi connectivity index (χ3n) is 3.07. The predicted octanol–water partition coefficient (Wildman–Crippen LogP) is 1.25. The maximum atomic E-state index is 12.1. The van der Waals surface area contributed by atoms with Crippen LogP contribution in [0.2, 0.25) is 0 Å². The zero-order chi connectivity index (χ0) is 13.0. The van der Waals surface area contributed by atoms with Gasteiger partial charge in [0.25, 0.3) is 10.2 Å². The molecule has 2 rings (SSSR count). The molecule has 18 heavy (non-hydrogen) atoms. The summed E-state index contributed by atoms with van der Waals surface area (Å²) in [6.07, 6.45) is 4.46. The fraction of sp³-hybridized carbons (Fsp3) is 0.727. The molecule has 1 unspecified atom stereocenters. The highest BCUT2D eigenvalue weighted by Gasteiger charge is 2.26. The van der Waals surface area contributed by atoms with Gasteiger partial charge in [-0.2, -0.15) is 12.7 Å². The van der Waals surface area contributed by atoms with E-state index in [9.17, 15) is 8.42 Å². The van der Waals surface area contributed by atoms with Crippen molar-refractivity contribution in [1.29, 1.82) is 0 Å². The topological polar surface area (TPSA) is 62.3 Å². The molecule has 0 amide bonds. The standard InChI is InChI=1S/C11H19N3O2S2/c1-10-3-2-7-14(9-10)18(15,16)13-5-4-11-12-6-8-17-11/h6,8,10,13H,2-5,7,9H2,1H3. The number of nitrogens with zero attached hydrogens (tertiary/aromatic N) is 2. The van der Waals surface area contributed by atoms with Crippen LogP contribution in [0.25, 0.3) is 0 Å². The Morgan fingerprint density at radius 3 is 3.11 bits per heavy atom. The summed E-state index contributed by atoms with van der Waals surface area (Å²) < 4.78 is 28.3. The van der Waals surface area contributed by atoms with Gasteiger partial charge in [0.05, 0.1) is 5.01 Å². The Hall–Kier alpha value is -0.500. The molecule has 0 bridgehead atoms. The molecule has 0 aromatic carbocycles. The summed E-state index contributed by atoms with van der Waals surface area (Å²) in [5.41, 5.74) is 0. The molecule has 1 atom stereocenters. The molecule has 102 valence electrons. The van der Waals surface area contributed by atoms with E-state index in [0.717, 1.165) is 17.8 Å². The molecule has 1 aliphatic heterocycles. The number of aromatic nitrogens is 1. The minimum Gasteiger partial charge on any atom is -0.250 e. The normalized spacial score (nSPS) is 22.2. The van der Waals surface area contributed by atoms with Gasteiger partial charge >= 0.3 is 0 Å². The van der Waals surface area contributed by atoms with Gasteiger partial charge < -0.3 is 0 Å². The average Bonchev–Trinajstić information content (AvgIpc) is 2.82. The summed E-state index contributed by atoms with van der Waals surface area (Å²) in [6, 6.07) is 0. The van der Waals surface area contributed by atoms with Gasteiger partial charge in [-0.05, 0) is 18.8 Å². The maximum Gasteiger partial charge on any atom is 0.279 e. The molecular formula is C11H19N3O2S2. The Morgan fingerprint density at radius 1 is 1.61 bits per heavy atom. The van der Waals surface area contributed by atoms with E-state index in [0.29, 0.717) is 32.0 Å². The van der Waals surface area contributed by atoms with Gasteiger partial charge in [0.15, 0.2) is 0 Å². The first-order chi connectivity index (χ1) is 8.58. The lowest BCUT2D eigenvalue weighted by molar-refractivity contribution is 0.278. The van der Waals surface area contributed by atoms with Crippen molar-refractivity contribution in [1.82, 2.24) is 14.0 Å². The Balaban J connectivity index is 1.83. The number of thiazole rings is 1. The number of piperidine rings is 1. The van der Waals surface area contributed by atoms with Gasteiger partial charge in [0.2, 0.25) is 0 Å². The average molecular weight is 289 g/mol. The van der Waals surface area contributed by atoms with Crippen molar-refractivity contribution in [2.45, 2.75) is 26.2 Å². The van der Waals surface area contributed by atoms with Crippen molar-refractivity contribution in [2.24, 2.45) is 5.92 Å². The monoisotopic (exact) mass is 289 g/mol. The van der Waals surface area contributed by atoms with Crippen LogP contribution in [0.4, 0.5) is 0 Å². The lowest BCUT2D eigenvalue weighted by Crippen LogP contribution is -2.46. The molecule has 2 heterocycles. The highest BCUT2D eigenvalue weighted by atomic mass is 32.2. The van der Waals surface area contributed by atoms with Gasteiger partial charge in [-0.15, -0.1) is 11.3 Å². The van der Waals surface area contributed by atoms with E-state index in [2.05, 4.69) is 16.6 Å². The summed E-state index contributed by atoms with van der Waals surface area (Å²) in [7, 11) is -3.31. The van der Waals surface area contributed by atoms with Crippen LogP contribution in [-0.2, 0) is 16.6 Å². The minimum atomic E-state index is -3.31.